The molecule has 72 valence electrons. The van der Waals surface area contributed by atoms with E-state index in [1.54, 1.807) is 18.3 Å². The normalized spacial score (nSPS) is 9.14. The molecule has 0 fully saturated rings. The summed E-state index contributed by atoms with van der Waals surface area (Å²) in [6.45, 7) is 2.02. The summed E-state index contributed by atoms with van der Waals surface area (Å²) in [4.78, 5) is 15.0. The third kappa shape index (κ3) is 2.87. The molecule has 4 nitrogen and oxygen atoms in total. The maximum atomic E-state index is 11.0. The van der Waals surface area contributed by atoms with Crippen LogP contribution in [0.2, 0.25) is 0 Å². The van der Waals surface area contributed by atoms with Crippen molar-refractivity contribution in [2.45, 2.75) is 19.8 Å². The van der Waals surface area contributed by atoms with Crippen LogP contribution in [0.1, 0.15) is 18.9 Å². The molecule has 0 aliphatic heterocycles. The molecule has 1 rings (SSSR count). The minimum absolute atomic E-state index is 0.141. The van der Waals surface area contributed by atoms with E-state index in [4.69, 9.17) is 5.26 Å². The number of nitrogens with one attached hydrogen (secondary N) is 1. The first-order valence-corrected chi connectivity index (χ1v) is 4.38. The lowest BCUT2D eigenvalue weighted by Gasteiger charge is -2.02. The molecule has 0 bridgehead atoms. The molecule has 0 aliphatic rings. The van der Waals surface area contributed by atoms with Crippen LogP contribution in [0, 0.1) is 11.3 Å². The molecule has 1 aromatic rings. The zero-order valence-corrected chi connectivity index (χ0v) is 7.95. The second kappa shape index (κ2) is 4.97. The molecule has 1 aromatic heterocycles. The summed E-state index contributed by atoms with van der Waals surface area (Å²) in [5.74, 6) is 0.179. The molecule has 1 amide bonds. The van der Waals surface area contributed by atoms with Gasteiger partial charge in [0, 0.05) is 6.20 Å². The Kier molecular flexibility index (Phi) is 3.62. The molecule has 1 N–H and O–H groups in total. The van der Waals surface area contributed by atoms with Gasteiger partial charge in [-0.2, -0.15) is 5.26 Å². The average Bonchev–Trinajstić information content (AvgIpc) is 2.18. The third-order valence-corrected chi connectivity index (χ3v) is 1.74. The second-order valence-corrected chi connectivity index (χ2v) is 2.79. The number of aromatic nitrogens is 1. The van der Waals surface area contributed by atoms with Gasteiger partial charge in [-0.3, -0.25) is 4.79 Å². The third-order valence-electron chi connectivity index (χ3n) is 1.74. The van der Waals surface area contributed by atoms with E-state index in [0.717, 1.165) is 12.0 Å². The van der Waals surface area contributed by atoms with Crippen molar-refractivity contribution in [1.82, 2.24) is 4.98 Å². The van der Waals surface area contributed by atoms with Gasteiger partial charge in [-0.05, 0) is 24.1 Å². The van der Waals surface area contributed by atoms with E-state index in [2.05, 4.69) is 10.3 Å². The highest BCUT2D eigenvalue weighted by Gasteiger charge is 2.01. The number of nitriles is 1. The predicted octanol–water partition coefficient (Wildman–Crippen LogP) is 1.50. The average molecular weight is 189 g/mol. The highest BCUT2D eigenvalue weighted by Crippen LogP contribution is 2.07. The van der Waals surface area contributed by atoms with Gasteiger partial charge in [-0.1, -0.05) is 6.92 Å². The minimum Gasteiger partial charge on any atom is -0.310 e. The topological polar surface area (TPSA) is 65.8 Å². The summed E-state index contributed by atoms with van der Waals surface area (Å²) < 4.78 is 0. The molecular formula is C10H11N3O. The molecule has 0 unspecified atom stereocenters. The Morgan fingerprint density at radius 1 is 1.71 bits per heavy atom. The molecule has 0 saturated heterocycles. The maximum absolute atomic E-state index is 11.0. The lowest BCUT2D eigenvalue weighted by atomic mass is 10.2. The number of hydrogen-bond donors (Lipinski definition) is 1. The number of nitrogens with zero attached hydrogens (tertiary/aromatic N) is 2. The lowest BCUT2D eigenvalue weighted by Crippen LogP contribution is -2.11. The van der Waals surface area contributed by atoms with Crippen LogP contribution in [0.4, 0.5) is 5.82 Å². The summed E-state index contributed by atoms with van der Waals surface area (Å²) >= 11 is 0. The Labute approximate surface area is 82.6 Å². The molecular weight excluding hydrogens is 178 g/mol. The SMILES string of the molecule is CCc1ccnc(NC(=O)CC#N)c1. The van der Waals surface area contributed by atoms with Gasteiger partial charge >= 0.3 is 0 Å². The van der Waals surface area contributed by atoms with Gasteiger partial charge in [0.25, 0.3) is 0 Å². The fourth-order valence-electron chi connectivity index (χ4n) is 1.02. The summed E-state index contributed by atoms with van der Waals surface area (Å²) in [6, 6.07) is 5.47. The predicted molar refractivity (Wildman–Crippen MR) is 52.5 cm³/mol. The van der Waals surface area contributed by atoms with E-state index in [1.165, 1.54) is 0 Å². The largest absolute Gasteiger partial charge is 0.310 e. The van der Waals surface area contributed by atoms with Gasteiger partial charge in [-0.15, -0.1) is 0 Å². The molecule has 14 heavy (non-hydrogen) atoms. The number of hydrogen-bond acceptors (Lipinski definition) is 3. The first-order valence-electron chi connectivity index (χ1n) is 4.38. The quantitative estimate of drug-likeness (QED) is 0.783. The van der Waals surface area contributed by atoms with E-state index in [1.807, 2.05) is 13.0 Å². The highest BCUT2D eigenvalue weighted by molar-refractivity contribution is 5.91. The van der Waals surface area contributed by atoms with Crippen LogP contribution in [-0.4, -0.2) is 10.9 Å². The van der Waals surface area contributed by atoms with Gasteiger partial charge in [0.2, 0.25) is 5.91 Å². The first-order chi connectivity index (χ1) is 6.76. The molecule has 1 heterocycles. The van der Waals surface area contributed by atoms with Crippen molar-refractivity contribution in [2.75, 3.05) is 5.32 Å². The fraction of sp³-hybridized carbons (Fsp3) is 0.300. The van der Waals surface area contributed by atoms with Crippen molar-refractivity contribution in [2.24, 2.45) is 0 Å². The van der Waals surface area contributed by atoms with E-state index >= 15 is 0 Å². The van der Waals surface area contributed by atoms with E-state index < -0.39 is 0 Å². The Bertz CT molecular complexity index is 368. The second-order valence-electron chi connectivity index (χ2n) is 2.79. The number of amides is 1. The Balaban J connectivity index is 2.68. The van der Waals surface area contributed by atoms with E-state index in [-0.39, 0.29) is 12.3 Å². The molecule has 0 saturated carbocycles. The summed E-state index contributed by atoms with van der Waals surface area (Å²) in [5.41, 5.74) is 1.10. The summed E-state index contributed by atoms with van der Waals surface area (Å²) in [5, 5.41) is 10.8. The summed E-state index contributed by atoms with van der Waals surface area (Å²) in [7, 11) is 0. The van der Waals surface area contributed by atoms with Crippen LogP contribution in [0.5, 0.6) is 0 Å². The molecule has 0 atom stereocenters. The van der Waals surface area contributed by atoms with Gasteiger partial charge in [0.05, 0.1) is 6.07 Å². The summed E-state index contributed by atoms with van der Waals surface area (Å²) in [6.07, 6.45) is 2.39. The van der Waals surface area contributed by atoms with Crippen molar-refractivity contribution in [3.8, 4) is 6.07 Å². The number of rotatable bonds is 3. The lowest BCUT2D eigenvalue weighted by molar-refractivity contribution is -0.115. The Morgan fingerprint density at radius 2 is 2.50 bits per heavy atom. The van der Waals surface area contributed by atoms with Crippen molar-refractivity contribution < 1.29 is 4.79 Å². The number of aryl methyl sites for hydroxylation is 1. The van der Waals surface area contributed by atoms with Gasteiger partial charge in [-0.25, -0.2) is 4.98 Å². The van der Waals surface area contributed by atoms with Crippen LogP contribution in [-0.2, 0) is 11.2 Å². The Hall–Kier alpha value is -1.89. The molecule has 0 radical (unpaired) electrons. The smallest absolute Gasteiger partial charge is 0.239 e. The van der Waals surface area contributed by atoms with Crippen LogP contribution in [0.25, 0.3) is 0 Å². The number of carbonyl (C=O) groups excluding carboxylic acids is 1. The number of carbonyl (C=O) groups is 1. The van der Waals surface area contributed by atoms with Gasteiger partial charge < -0.3 is 5.32 Å². The monoisotopic (exact) mass is 189 g/mol. The van der Waals surface area contributed by atoms with Gasteiger partial charge in [0.15, 0.2) is 0 Å². The van der Waals surface area contributed by atoms with Crippen LogP contribution in [0.3, 0.4) is 0 Å². The highest BCUT2D eigenvalue weighted by atomic mass is 16.1. The van der Waals surface area contributed by atoms with Crippen LogP contribution in [0.15, 0.2) is 18.3 Å². The molecule has 0 aromatic carbocycles. The molecule has 0 spiro atoms. The van der Waals surface area contributed by atoms with Gasteiger partial charge in [0.1, 0.15) is 12.2 Å². The zero-order chi connectivity index (χ0) is 10.4. The fourth-order valence-corrected chi connectivity index (χ4v) is 1.02. The van der Waals surface area contributed by atoms with Crippen molar-refractivity contribution in [3.63, 3.8) is 0 Å². The minimum atomic E-state index is -0.326. The van der Waals surface area contributed by atoms with Crippen LogP contribution >= 0.6 is 0 Å². The molecule has 0 aliphatic carbocycles. The van der Waals surface area contributed by atoms with E-state index in [0.29, 0.717) is 5.82 Å². The Morgan fingerprint density at radius 3 is 3.14 bits per heavy atom. The number of anilines is 1. The standard InChI is InChI=1S/C10H11N3O/c1-2-8-4-6-12-9(7-8)13-10(14)3-5-11/h4,6-7H,2-3H2,1H3,(H,12,13,14). The number of pyridine rings is 1. The maximum Gasteiger partial charge on any atom is 0.239 e. The molecule has 4 heteroatoms. The van der Waals surface area contributed by atoms with Crippen molar-refractivity contribution in [3.05, 3.63) is 23.9 Å². The van der Waals surface area contributed by atoms with Crippen molar-refractivity contribution >= 4 is 11.7 Å². The van der Waals surface area contributed by atoms with E-state index in [9.17, 15) is 4.79 Å². The van der Waals surface area contributed by atoms with Crippen molar-refractivity contribution in [1.29, 1.82) is 5.26 Å². The first kappa shape index (κ1) is 10.2. The zero-order valence-electron chi connectivity index (χ0n) is 7.95. The van der Waals surface area contributed by atoms with Crippen LogP contribution < -0.4 is 5.32 Å².